The van der Waals surface area contributed by atoms with Crippen molar-refractivity contribution in [3.05, 3.63) is 30.3 Å². The molecule has 0 heterocycles. The van der Waals surface area contributed by atoms with Gasteiger partial charge in [-0.25, -0.2) is 4.89 Å². The van der Waals surface area contributed by atoms with Crippen LogP contribution in [0, 0.1) is 0 Å². The van der Waals surface area contributed by atoms with E-state index in [2.05, 4.69) is 26.9 Å². The Hall–Kier alpha value is -0.830. The lowest BCUT2D eigenvalue weighted by Gasteiger charge is -2.31. The topological polar surface area (TPSA) is 27.7 Å². The van der Waals surface area contributed by atoms with Gasteiger partial charge in [-0.15, -0.1) is 4.33 Å². The normalized spacial score (nSPS) is 13.2. The molecular formula is C11H10F9O3S2+. The van der Waals surface area contributed by atoms with E-state index >= 15 is 0 Å². The number of benzene rings is 1. The minimum absolute atomic E-state index is 0.668. The van der Waals surface area contributed by atoms with Crippen molar-refractivity contribution in [2.45, 2.75) is 28.2 Å². The number of rotatable bonds is 6. The van der Waals surface area contributed by atoms with Crippen molar-refractivity contribution >= 4 is 24.7 Å². The van der Waals surface area contributed by atoms with Gasteiger partial charge in [-0.3, -0.25) is 0 Å². The van der Waals surface area contributed by atoms with Crippen LogP contribution < -0.4 is 0 Å². The number of halogens is 9. The minimum atomic E-state index is -6.97. The second-order valence-electron chi connectivity index (χ2n) is 3.92. The highest BCUT2D eigenvalue weighted by Crippen LogP contribution is 2.56. The van der Waals surface area contributed by atoms with Gasteiger partial charge in [0.25, 0.3) is 0 Å². The fraction of sp³-hybridized carbons (Fsp3) is 0.455. The standard InChI is InChI=1S/C6H6S.C5H3F9O3S/c7-6-4-2-1-3-5-6;1-15-16-17-18-5(13,14)3(8,9)2(6,7)4(10,11)12/h1-5,7H;1H3/p+1. The molecular weight excluding hydrogens is 415 g/mol. The molecule has 0 saturated carbocycles. The van der Waals surface area contributed by atoms with Gasteiger partial charge >= 0.3 is 23.3 Å². The van der Waals surface area contributed by atoms with Gasteiger partial charge in [-0.1, -0.05) is 23.2 Å². The highest BCUT2D eigenvalue weighted by Gasteiger charge is 2.82. The van der Waals surface area contributed by atoms with Gasteiger partial charge < -0.3 is 0 Å². The summed E-state index contributed by atoms with van der Waals surface area (Å²) in [5.41, 5.74) is 0. The summed E-state index contributed by atoms with van der Waals surface area (Å²) in [6.07, 6.45) is -6.87. The van der Waals surface area contributed by atoms with E-state index in [1.165, 1.54) is 0 Å². The first-order valence-electron chi connectivity index (χ1n) is 5.72. The van der Waals surface area contributed by atoms with Crippen LogP contribution in [0.5, 0.6) is 0 Å². The third-order valence-electron chi connectivity index (χ3n) is 2.12. The molecule has 0 bridgehead atoms. The van der Waals surface area contributed by atoms with Crippen LogP contribution in [0.2, 0.25) is 0 Å². The van der Waals surface area contributed by atoms with Crippen LogP contribution in [0.4, 0.5) is 39.5 Å². The summed E-state index contributed by atoms with van der Waals surface area (Å²) in [5, 5.41) is -2.74. The van der Waals surface area contributed by atoms with Gasteiger partial charge in [-0.05, 0) is 24.8 Å². The van der Waals surface area contributed by atoms with Gasteiger partial charge in [-0.2, -0.15) is 39.5 Å². The van der Waals surface area contributed by atoms with Crippen LogP contribution in [0.1, 0.15) is 0 Å². The highest BCUT2D eigenvalue weighted by atomic mass is 32.2. The predicted molar refractivity (Wildman–Crippen MR) is 72.5 cm³/mol. The Kier molecular flexibility index (Phi) is 8.90. The lowest BCUT2D eigenvalue weighted by Crippen LogP contribution is -2.59. The summed E-state index contributed by atoms with van der Waals surface area (Å²) in [7, 11) is 0.668. The summed E-state index contributed by atoms with van der Waals surface area (Å²) in [6, 6.07) is 9.96. The fourth-order valence-electron chi connectivity index (χ4n) is 0.936. The molecule has 0 aliphatic heterocycles. The summed E-state index contributed by atoms with van der Waals surface area (Å²) in [5.74, 6) is -13.7. The molecule has 3 nitrogen and oxygen atoms in total. The third kappa shape index (κ3) is 6.44. The van der Waals surface area contributed by atoms with E-state index in [1.54, 1.807) is 0 Å². The number of hydrogen-bond acceptors (Lipinski definition) is 4. The lowest BCUT2D eigenvalue weighted by atomic mass is 10.1. The Morgan fingerprint density at radius 1 is 0.840 bits per heavy atom. The Labute approximate surface area is 144 Å². The fourth-order valence-corrected chi connectivity index (χ4v) is 1.53. The van der Waals surface area contributed by atoms with Crippen molar-refractivity contribution in [1.29, 1.82) is 0 Å². The van der Waals surface area contributed by atoms with E-state index in [-0.39, 0.29) is 0 Å². The molecule has 0 aromatic heterocycles. The predicted octanol–water partition coefficient (Wildman–Crippen LogP) is 4.63. The van der Waals surface area contributed by atoms with Crippen molar-refractivity contribution < 1.29 is 53.8 Å². The molecule has 0 aliphatic rings. The van der Waals surface area contributed by atoms with Gasteiger partial charge in [0.2, 0.25) is 0 Å². The SMILES string of the molecule is COOOSC(F)(F)C(F)(F)C(F)(F)C(F)(F)F.[SH2+]c1ccccc1. The van der Waals surface area contributed by atoms with Crippen molar-refractivity contribution in [1.82, 2.24) is 0 Å². The molecule has 0 N–H and O–H groups in total. The van der Waals surface area contributed by atoms with Gasteiger partial charge in [0.15, 0.2) is 0 Å². The molecule has 0 saturated heterocycles. The van der Waals surface area contributed by atoms with E-state index in [1.807, 2.05) is 30.3 Å². The van der Waals surface area contributed by atoms with Gasteiger partial charge in [0.05, 0.1) is 7.11 Å². The first-order valence-corrected chi connectivity index (χ1v) is 6.97. The molecule has 0 unspecified atom stereocenters. The van der Waals surface area contributed by atoms with E-state index in [0.717, 1.165) is 4.90 Å². The molecule has 0 spiro atoms. The highest BCUT2D eigenvalue weighted by molar-refractivity contribution is 7.95. The molecule has 1 rings (SSSR count). The minimum Gasteiger partial charge on any atom is -0.209 e. The van der Waals surface area contributed by atoms with Crippen LogP contribution in [0.25, 0.3) is 0 Å². The van der Waals surface area contributed by atoms with Gasteiger partial charge in [0, 0.05) is 0 Å². The summed E-state index contributed by atoms with van der Waals surface area (Å²) >= 11 is 1.60. The van der Waals surface area contributed by atoms with E-state index in [0.29, 0.717) is 7.11 Å². The molecule has 0 aliphatic carbocycles. The molecule has 1 aromatic carbocycles. The maximum Gasteiger partial charge on any atom is 0.460 e. The maximum absolute atomic E-state index is 12.5. The van der Waals surface area contributed by atoms with E-state index in [9.17, 15) is 39.5 Å². The quantitative estimate of drug-likeness (QED) is 0.166. The lowest BCUT2D eigenvalue weighted by molar-refractivity contribution is -0.450. The molecule has 0 atom stereocenters. The number of alkyl halides is 9. The third-order valence-corrected chi connectivity index (χ3v) is 3.05. The van der Waals surface area contributed by atoms with Crippen LogP contribution in [-0.2, 0) is 26.9 Å². The second-order valence-corrected chi connectivity index (χ2v) is 5.31. The Balaban J connectivity index is 0.000000676. The zero-order valence-corrected chi connectivity index (χ0v) is 13.7. The van der Waals surface area contributed by atoms with Crippen molar-refractivity contribution in [2.24, 2.45) is 0 Å². The van der Waals surface area contributed by atoms with Crippen LogP contribution in [0.15, 0.2) is 35.2 Å². The van der Waals surface area contributed by atoms with Crippen molar-refractivity contribution in [3.8, 4) is 0 Å². The smallest absolute Gasteiger partial charge is 0.209 e. The van der Waals surface area contributed by atoms with Crippen LogP contribution in [-0.4, -0.2) is 30.4 Å². The number of hydrogen-bond donors (Lipinski definition) is 0. The molecule has 25 heavy (non-hydrogen) atoms. The zero-order chi connectivity index (χ0) is 19.9. The zero-order valence-electron chi connectivity index (χ0n) is 11.9. The Morgan fingerprint density at radius 2 is 1.32 bits per heavy atom. The maximum atomic E-state index is 12.5. The second kappa shape index (κ2) is 9.21. The van der Waals surface area contributed by atoms with Crippen molar-refractivity contribution in [3.63, 3.8) is 0 Å². The van der Waals surface area contributed by atoms with Crippen LogP contribution in [0.3, 0.4) is 0 Å². The first-order chi connectivity index (χ1) is 11.2. The van der Waals surface area contributed by atoms with E-state index < -0.39 is 35.3 Å². The molecule has 1 aromatic rings. The average molecular weight is 425 g/mol. The monoisotopic (exact) mass is 425 g/mol. The molecule has 0 fully saturated rings. The molecule has 146 valence electrons. The van der Waals surface area contributed by atoms with Crippen LogP contribution >= 0.6 is 12.0 Å². The summed E-state index contributed by atoms with van der Waals surface area (Å²) < 4.78 is 112. The molecule has 0 radical (unpaired) electrons. The Morgan fingerprint density at radius 3 is 1.64 bits per heavy atom. The molecule has 14 heteroatoms. The largest absolute Gasteiger partial charge is 0.460 e. The van der Waals surface area contributed by atoms with Gasteiger partial charge in [0.1, 0.15) is 16.9 Å². The summed E-state index contributed by atoms with van der Waals surface area (Å²) in [6.45, 7) is 0. The van der Waals surface area contributed by atoms with Crippen molar-refractivity contribution in [2.75, 3.05) is 7.11 Å². The Bertz CT molecular complexity index is 511. The average Bonchev–Trinajstić information content (AvgIpc) is 2.47. The van der Waals surface area contributed by atoms with E-state index in [4.69, 9.17) is 0 Å². The first kappa shape index (κ1) is 24.2. The summed E-state index contributed by atoms with van der Waals surface area (Å²) in [4.78, 5) is 4.60. The molecule has 0 amide bonds.